The average molecular weight is 221 g/mol. The average Bonchev–Trinajstić information content (AvgIpc) is 2.31. The number of nitrogens with zero attached hydrogens (tertiary/aromatic N) is 1. The second kappa shape index (κ2) is 5.43. The van der Waals surface area contributed by atoms with Crippen LogP contribution in [-0.4, -0.2) is 41.9 Å². The molecular weight excluding hydrogens is 202 g/mol. The van der Waals surface area contributed by atoms with Crippen LogP contribution in [0.15, 0.2) is 30.3 Å². The van der Waals surface area contributed by atoms with Crippen LogP contribution in [0.4, 0.5) is 0 Å². The van der Waals surface area contributed by atoms with E-state index >= 15 is 0 Å². The second-order valence-electron chi connectivity index (χ2n) is 4.28. The van der Waals surface area contributed by atoms with E-state index in [-0.39, 0.29) is 18.8 Å². The molecule has 1 saturated heterocycles. The normalized spacial score (nSPS) is 26.9. The van der Waals surface area contributed by atoms with Crippen molar-refractivity contribution in [1.82, 2.24) is 4.90 Å². The van der Waals surface area contributed by atoms with Crippen LogP contribution in [0.1, 0.15) is 12.5 Å². The Balaban J connectivity index is 2.02. The second-order valence-corrected chi connectivity index (χ2v) is 4.28. The van der Waals surface area contributed by atoms with Crippen LogP contribution in [0, 0.1) is 0 Å². The minimum Gasteiger partial charge on any atom is -0.395 e. The highest BCUT2D eigenvalue weighted by Crippen LogP contribution is 2.16. The van der Waals surface area contributed by atoms with Gasteiger partial charge in [0.15, 0.2) is 0 Å². The number of hydrogen-bond donors (Lipinski definition) is 1. The van der Waals surface area contributed by atoms with Crippen LogP contribution in [0.25, 0.3) is 0 Å². The number of benzene rings is 1. The molecule has 16 heavy (non-hydrogen) atoms. The number of hydrogen-bond acceptors (Lipinski definition) is 3. The van der Waals surface area contributed by atoms with Crippen molar-refractivity contribution in [3.63, 3.8) is 0 Å². The zero-order valence-corrected chi connectivity index (χ0v) is 9.67. The molecule has 1 aromatic carbocycles. The first-order valence-corrected chi connectivity index (χ1v) is 5.81. The molecule has 1 fully saturated rings. The van der Waals surface area contributed by atoms with Crippen molar-refractivity contribution in [1.29, 1.82) is 0 Å². The molecule has 3 heteroatoms. The quantitative estimate of drug-likeness (QED) is 0.834. The number of morpholine rings is 1. The van der Waals surface area contributed by atoms with Gasteiger partial charge in [-0.1, -0.05) is 30.3 Å². The molecule has 2 unspecified atom stereocenters. The Bertz CT molecular complexity index is 315. The summed E-state index contributed by atoms with van der Waals surface area (Å²) in [5, 5.41) is 9.39. The third kappa shape index (κ3) is 2.61. The SMILES string of the molecule is CC1OCCN(Cc2ccccc2)C1CO. The van der Waals surface area contributed by atoms with Crippen LogP contribution in [0.2, 0.25) is 0 Å². The first kappa shape index (κ1) is 11.6. The topological polar surface area (TPSA) is 32.7 Å². The lowest BCUT2D eigenvalue weighted by Crippen LogP contribution is -2.51. The van der Waals surface area contributed by atoms with Gasteiger partial charge >= 0.3 is 0 Å². The first-order valence-electron chi connectivity index (χ1n) is 5.81. The maximum absolute atomic E-state index is 9.39. The van der Waals surface area contributed by atoms with Gasteiger partial charge < -0.3 is 9.84 Å². The third-order valence-electron chi connectivity index (χ3n) is 3.19. The van der Waals surface area contributed by atoms with Gasteiger partial charge in [-0.15, -0.1) is 0 Å². The lowest BCUT2D eigenvalue weighted by Gasteiger charge is -2.38. The molecule has 0 spiro atoms. The van der Waals surface area contributed by atoms with E-state index in [9.17, 15) is 5.11 Å². The van der Waals surface area contributed by atoms with E-state index in [2.05, 4.69) is 17.0 Å². The van der Waals surface area contributed by atoms with Gasteiger partial charge in [-0.25, -0.2) is 0 Å². The summed E-state index contributed by atoms with van der Waals surface area (Å²) >= 11 is 0. The maximum atomic E-state index is 9.39. The van der Waals surface area contributed by atoms with E-state index in [1.165, 1.54) is 5.56 Å². The highest BCUT2D eigenvalue weighted by Gasteiger charge is 2.28. The smallest absolute Gasteiger partial charge is 0.0725 e. The molecule has 1 aliphatic rings. The molecule has 88 valence electrons. The molecule has 3 nitrogen and oxygen atoms in total. The summed E-state index contributed by atoms with van der Waals surface area (Å²) in [5.74, 6) is 0. The van der Waals surface area contributed by atoms with E-state index in [1.54, 1.807) is 0 Å². The molecule has 0 radical (unpaired) electrons. The van der Waals surface area contributed by atoms with Crippen molar-refractivity contribution in [3.05, 3.63) is 35.9 Å². The van der Waals surface area contributed by atoms with Gasteiger partial charge in [0.05, 0.1) is 25.4 Å². The van der Waals surface area contributed by atoms with Crippen LogP contribution in [0.5, 0.6) is 0 Å². The fourth-order valence-corrected chi connectivity index (χ4v) is 2.21. The molecular formula is C13H19NO2. The van der Waals surface area contributed by atoms with Gasteiger partial charge in [0.25, 0.3) is 0 Å². The predicted octanol–water partition coefficient (Wildman–Crippen LogP) is 1.27. The molecule has 1 heterocycles. The highest BCUT2D eigenvalue weighted by atomic mass is 16.5. The van der Waals surface area contributed by atoms with Crippen molar-refractivity contribution < 1.29 is 9.84 Å². The van der Waals surface area contributed by atoms with Crippen molar-refractivity contribution in [2.24, 2.45) is 0 Å². The summed E-state index contributed by atoms with van der Waals surface area (Å²) < 4.78 is 5.55. The molecule has 0 aromatic heterocycles. The zero-order valence-electron chi connectivity index (χ0n) is 9.67. The summed E-state index contributed by atoms with van der Waals surface area (Å²) in [4.78, 5) is 2.30. The maximum Gasteiger partial charge on any atom is 0.0725 e. The van der Waals surface area contributed by atoms with Crippen molar-refractivity contribution in [2.45, 2.75) is 25.6 Å². The fourth-order valence-electron chi connectivity index (χ4n) is 2.21. The van der Waals surface area contributed by atoms with Gasteiger partial charge in [0.2, 0.25) is 0 Å². The molecule has 0 bridgehead atoms. The zero-order chi connectivity index (χ0) is 11.4. The largest absolute Gasteiger partial charge is 0.395 e. The van der Waals surface area contributed by atoms with E-state index < -0.39 is 0 Å². The molecule has 0 amide bonds. The van der Waals surface area contributed by atoms with Gasteiger partial charge in [-0.3, -0.25) is 4.90 Å². The molecule has 1 aromatic rings. The van der Waals surface area contributed by atoms with E-state index in [0.29, 0.717) is 0 Å². The lowest BCUT2D eigenvalue weighted by molar-refractivity contribution is -0.0804. The Morgan fingerprint density at radius 2 is 2.12 bits per heavy atom. The Kier molecular flexibility index (Phi) is 3.93. The molecule has 1 aliphatic heterocycles. The van der Waals surface area contributed by atoms with Crippen LogP contribution < -0.4 is 0 Å². The molecule has 2 rings (SSSR count). The standard InChI is InChI=1S/C13H19NO2/c1-11-13(10-15)14(7-8-16-11)9-12-5-3-2-4-6-12/h2-6,11,13,15H,7-10H2,1H3. The Hall–Kier alpha value is -0.900. The number of aliphatic hydroxyl groups is 1. The molecule has 1 N–H and O–H groups in total. The summed E-state index contributed by atoms with van der Waals surface area (Å²) in [6.45, 7) is 4.72. The van der Waals surface area contributed by atoms with E-state index in [1.807, 2.05) is 25.1 Å². The Labute approximate surface area is 96.6 Å². The summed E-state index contributed by atoms with van der Waals surface area (Å²) in [6.07, 6.45) is 0.113. The monoisotopic (exact) mass is 221 g/mol. The van der Waals surface area contributed by atoms with Gasteiger partial charge in [0, 0.05) is 13.1 Å². The number of aliphatic hydroxyl groups excluding tert-OH is 1. The van der Waals surface area contributed by atoms with Gasteiger partial charge in [0.1, 0.15) is 0 Å². The van der Waals surface area contributed by atoms with Crippen molar-refractivity contribution in [2.75, 3.05) is 19.8 Å². The summed E-state index contributed by atoms with van der Waals surface area (Å²) in [6, 6.07) is 10.5. The number of rotatable bonds is 3. The van der Waals surface area contributed by atoms with E-state index in [0.717, 1.165) is 19.7 Å². The highest BCUT2D eigenvalue weighted by molar-refractivity contribution is 5.14. The minimum absolute atomic E-state index is 0.113. The molecule has 0 saturated carbocycles. The van der Waals surface area contributed by atoms with Crippen molar-refractivity contribution in [3.8, 4) is 0 Å². The fraction of sp³-hybridized carbons (Fsp3) is 0.538. The lowest BCUT2D eigenvalue weighted by atomic mass is 10.1. The van der Waals surface area contributed by atoms with E-state index in [4.69, 9.17) is 4.74 Å². The van der Waals surface area contributed by atoms with Crippen molar-refractivity contribution >= 4 is 0 Å². The predicted molar refractivity (Wildman–Crippen MR) is 63.1 cm³/mol. The van der Waals surface area contributed by atoms with Gasteiger partial charge in [-0.2, -0.15) is 0 Å². The Morgan fingerprint density at radius 1 is 1.38 bits per heavy atom. The summed E-state index contributed by atoms with van der Waals surface area (Å²) in [5.41, 5.74) is 1.29. The van der Waals surface area contributed by atoms with Crippen LogP contribution in [-0.2, 0) is 11.3 Å². The van der Waals surface area contributed by atoms with Crippen LogP contribution in [0.3, 0.4) is 0 Å². The summed E-state index contributed by atoms with van der Waals surface area (Å²) in [7, 11) is 0. The van der Waals surface area contributed by atoms with Crippen LogP contribution >= 0.6 is 0 Å². The Morgan fingerprint density at radius 3 is 2.81 bits per heavy atom. The molecule has 0 aliphatic carbocycles. The van der Waals surface area contributed by atoms with Gasteiger partial charge in [-0.05, 0) is 12.5 Å². The molecule has 2 atom stereocenters. The first-order chi connectivity index (χ1) is 7.81. The third-order valence-corrected chi connectivity index (χ3v) is 3.19. The number of ether oxygens (including phenoxy) is 1. The minimum atomic E-state index is 0.113.